The lowest BCUT2D eigenvalue weighted by atomic mass is 9.90. The van der Waals surface area contributed by atoms with Gasteiger partial charge in [-0.25, -0.2) is 0 Å². The van der Waals surface area contributed by atoms with Crippen molar-refractivity contribution in [1.82, 2.24) is 14.7 Å². The third-order valence-corrected chi connectivity index (χ3v) is 8.73. The van der Waals surface area contributed by atoms with E-state index in [-0.39, 0.29) is 17.9 Å². The predicted octanol–water partition coefficient (Wildman–Crippen LogP) is 5.35. The first kappa shape index (κ1) is 26.2. The first-order valence-corrected chi connectivity index (χ1v) is 14.2. The second kappa shape index (κ2) is 11.9. The van der Waals surface area contributed by atoms with Crippen molar-refractivity contribution < 1.29 is 9.59 Å². The monoisotopic (exact) mass is 515 g/mol. The van der Waals surface area contributed by atoms with Gasteiger partial charge in [0, 0.05) is 69.6 Å². The fourth-order valence-electron chi connectivity index (χ4n) is 5.56. The van der Waals surface area contributed by atoms with E-state index in [2.05, 4.69) is 52.6 Å². The topological polar surface area (TPSA) is 43.9 Å². The largest absolute Gasteiger partial charge is 0.343 e. The normalized spacial score (nSPS) is 20.9. The number of piperazine rings is 1. The highest BCUT2D eigenvalue weighted by molar-refractivity contribution is 7.08. The van der Waals surface area contributed by atoms with E-state index in [0.29, 0.717) is 24.2 Å². The number of carbonyl (C=O) groups is 2. The van der Waals surface area contributed by atoms with Gasteiger partial charge in [0.05, 0.1) is 0 Å². The Morgan fingerprint density at radius 1 is 1.03 bits per heavy atom. The summed E-state index contributed by atoms with van der Waals surface area (Å²) in [5, 5.41) is 5.15. The third-order valence-electron chi connectivity index (χ3n) is 7.77. The van der Waals surface area contributed by atoms with Crippen LogP contribution in [0, 0.1) is 11.8 Å². The van der Waals surface area contributed by atoms with Crippen LogP contribution in [0.4, 0.5) is 0 Å². The number of likely N-dealkylation sites (tertiary alicyclic amines) is 1. The van der Waals surface area contributed by atoms with Crippen molar-refractivity contribution in [2.75, 3.05) is 39.3 Å². The minimum atomic E-state index is 0.144. The zero-order chi connectivity index (χ0) is 24.9. The molecule has 2 amide bonds. The van der Waals surface area contributed by atoms with Crippen LogP contribution in [-0.2, 0) is 9.59 Å². The Morgan fingerprint density at radius 2 is 1.74 bits per heavy atom. The molecule has 35 heavy (non-hydrogen) atoms. The van der Waals surface area contributed by atoms with E-state index in [1.807, 2.05) is 17.0 Å². The number of rotatable bonds is 7. The number of benzene rings is 1. The molecule has 2 aliphatic rings. The van der Waals surface area contributed by atoms with Crippen LogP contribution in [0.3, 0.4) is 0 Å². The van der Waals surface area contributed by atoms with Gasteiger partial charge in [0.15, 0.2) is 0 Å². The quantitative estimate of drug-likeness (QED) is 0.499. The van der Waals surface area contributed by atoms with Crippen LogP contribution < -0.4 is 0 Å². The number of piperidine rings is 1. The van der Waals surface area contributed by atoms with Gasteiger partial charge < -0.3 is 9.80 Å². The van der Waals surface area contributed by atoms with Crippen LogP contribution in [0.25, 0.3) is 0 Å². The molecule has 5 nitrogen and oxygen atoms in total. The van der Waals surface area contributed by atoms with Crippen molar-refractivity contribution in [3.05, 3.63) is 57.2 Å². The van der Waals surface area contributed by atoms with Gasteiger partial charge in [-0.3, -0.25) is 14.5 Å². The van der Waals surface area contributed by atoms with Gasteiger partial charge in [-0.15, -0.1) is 0 Å². The Balaban J connectivity index is 1.39. The van der Waals surface area contributed by atoms with E-state index in [4.69, 9.17) is 11.6 Å². The Bertz CT molecular complexity index is 971. The standard InChI is InChI=1S/C28H38ClN3O2S/c1-20(2)27-18-30(17-26(24-10-15-35-19-24)23-4-6-25(29)7-5-23)13-14-32(27)28(34)16-22-8-11-31(12-9-22)21(3)33/h4-7,10,15,19-20,22,26-27H,8-9,11-14,16-18H2,1-3H3/t26?,27-/m1/s1. The molecule has 0 spiro atoms. The second-order valence-corrected chi connectivity index (χ2v) is 11.7. The lowest BCUT2D eigenvalue weighted by molar-refractivity contribution is -0.139. The fraction of sp³-hybridized carbons (Fsp3) is 0.571. The molecule has 190 valence electrons. The van der Waals surface area contributed by atoms with Crippen molar-refractivity contribution in [1.29, 1.82) is 0 Å². The summed E-state index contributed by atoms with van der Waals surface area (Å²) in [7, 11) is 0. The first-order chi connectivity index (χ1) is 16.8. The highest BCUT2D eigenvalue weighted by Crippen LogP contribution is 2.31. The van der Waals surface area contributed by atoms with E-state index in [9.17, 15) is 9.59 Å². The average molecular weight is 516 g/mol. The SMILES string of the molecule is CC(=O)N1CCC(CC(=O)N2CCN(CC(c3ccc(Cl)cc3)c3ccsc3)C[C@@H]2C(C)C)CC1. The van der Waals surface area contributed by atoms with Gasteiger partial charge >= 0.3 is 0 Å². The Labute approximate surface area is 219 Å². The predicted molar refractivity (Wildman–Crippen MR) is 144 cm³/mol. The van der Waals surface area contributed by atoms with Gasteiger partial charge in [-0.05, 0) is 64.8 Å². The zero-order valence-electron chi connectivity index (χ0n) is 21.2. The first-order valence-electron chi connectivity index (χ1n) is 12.9. The molecule has 0 bridgehead atoms. The maximum absolute atomic E-state index is 13.4. The molecule has 0 aliphatic carbocycles. The van der Waals surface area contributed by atoms with Crippen molar-refractivity contribution in [3.8, 4) is 0 Å². The minimum Gasteiger partial charge on any atom is -0.343 e. The summed E-state index contributed by atoms with van der Waals surface area (Å²) in [5.41, 5.74) is 2.62. The molecule has 0 N–H and O–H groups in total. The maximum atomic E-state index is 13.4. The van der Waals surface area contributed by atoms with E-state index in [1.165, 1.54) is 11.1 Å². The highest BCUT2D eigenvalue weighted by atomic mass is 35.5. The van der Waals surface area contributed by atoms with Crippen molar-refractivity contribution in [3.63, 3.8) is 0 Å². The van der Waals surface area contributed by atoms with Crippen LogP contribution in [0.1, 0.15) is 57.1 Å². The van der Waals surface area contributed by atoms with E-state index in [0.717, 1.165) is 57.1 Å². The second-order valence-electron chi connectivity index (χ2n) is 10.5. The number of thiophene rings is 1. The molecular formula is C28H38ClN3O2S. The summed E-state index contributed by atoms with van der Waals surface area (Å²) >= 11 is 7.90. The molecular weight excluding hydrogens is 478 g/mol. The van der Waals surface area contributed by atoms with Crippen LogP contribution in [0.2, 0.25) is 5.02 Å². The molecule has 7 heteroatoms. The van der Waals surface area contributed by atoms with Gasteiger partial charge in [-0.2, -0.15) is 11.3 Å². The van der Waals surface area contributed by atoms with Gasteiger partial charge in [0.25, 0.3) is 0 Å². The smallest absolute Gasteiger partial charge is 0.223 e. The average Bonchev–Trinajstić information content (AvgIpc) is 3.38. The molecule has 2 saturated heterocycles. The molecule has 3 heterocycles. The van der Waals surface area contributed by atoms with Crippen molar-refractivity contribution in [2.24, 2.45) is 11.8 Å². The summed E-state index contributed by atoms with van der Waals surface area (Å²) < 4.78 is 0. The molecule has 1 aromatic heterocycles. The maximum Gasteiger partial charge on any atom is 0.223 e. The summed E-state index contributed by atoms with van der Waals surface area (Å²) in [6, 6.07) is 10.7. The van der Waals surface area contributed by atoms with E-state index in [1.54, 1.807) is 18.3 Å². The lowest BCUT2D eigenvalue weighted by Crippen LogP contribution is -2.58. The lowest BCUT2D eigenvalue weighted by Gasteiger charge is -2.45. The third kappa shape index (κ3) is 6.66. The van der Waals surface area contributed by atoms with Gasteiger partial charge in [0.2, 0.25) is 11.8 Å². The molecule has 1 aromatic carbocycles. The summed E-state index contributed by atoms with van der Waals surface area (Å²) in [6.45, 7) is 11.2. The number of carbonyl (C=O) groups excluding carboxylic acids is 2. The van der Waals surface area contributed by atoms with Crippen molar-refractivity contribution in [2.45, 2.75) is 52.0 Å². The molecule has 2 aromatic rings. The van der Waals surface area contributed by atoms with Crippen LogP contribution in [-0.4, -0.2) is 71.8 Å². The molecule has 2 aliphatic heterocycles. The highest BCUT2D eigenvalue weighted by Gasteiger charge is 2.35. The molecule has 2 fully saturated rings. The van der Waals surface area contributed by atoms with Crippen LogP contribution in [0.5, 0.6) is 0 Å². The van der Waals surface area contributed by atoms with Crippen LogP contribution >= 0.6 is 22.9 Å². The Morgan fingerprint density at radius 3 is 2.34 bits per heavy atom. The Kier molecular flexibility index (Phi) is 8.90. The van der Waals surface area contributed by atoms with Crippen LogP contribution in [0.15, 0.2) is 41.1 Å². The van der Waals surface area contributed by atoms with Crippen molar-refractivity contribution >= 4 is 34.8 Å². The molecule has 1 unspecified atom stereocenters. The Hall–Kier alpha value is -1.89. The fourth-order valence-corrected chi connectivity index (χ4v) is 6.40. The molecule has 4 rings (SSSR count). The molecule has 0 saturated carbocycles. The number of amides is 2. The van der Waals surface area contributed by atoms with Gasteiger partial charge in [-0.1, -0.05) is 37.6 Å². The summed E-state index contributed by atoms with van der Waals surface area (Å²) in [4.78, 5) is 31.6. The number of hydrogen-bond acceptors (Lipinski definition) is 4. The molecule has 2 atom stereocenters. The van der Waals surface area contributed by atoms with E-state index >= 15 is 0 Å². The number of nitrogens with zero attached hydrogens (tertiary/aromatic N) is 3. The van der Waals surface area contributed by atoms with Gasteiger partial charge in [0.1, 0.15) is 0 Å². The summed E-state index contributed by atoms with van der Waals surface area (Å²) in [6.07, 6.45) is 2.47. The molecule has 0 radical (unpaired) electrons. The number of hydrogen-bond donors (Lipinski definition) is 0. The minimum absolute atomic E-state index is 0.144. The zero-order valence-corrected chi connectivity index (χ0v) is 22.7. The number of halogens is 1. The summed E-state index contributed by atoms with van der Waals surface area (Å²) in [5.74, 6) is 1.51. The van der Waals surface area contributed by atoms with E-state index < -0.39 is 0 Å².